The summed E-state index contributed by atoms with van der Waals surface area (Å²) >= 11 is 3.50. The predicted molar refractivity (Wildman–Crippen MR) is 89.5 cm³/mol. The first kappa shape index (κ1) is 13.5. The van der Waals surface area contributed by atoms with Crippen LogP contribution in [-0.2, 0) is 13.0 Å². The van der Waals surface area contributed by atoms with Crippen LogP contribution in [0.3, 0.4) is 0 Å². The van der Waals surface area contributed by atoms with E-state index in [2.05, 4.69) is 63.5 Å². The van der Waals surface area contributed by atoms with Crippen molar-refractivity contribution < 1.29 is 0 Å². The van der Waals surface area contributed by atoms with Crippen LogP contribution in [0.15, 0.2) is 46.9 Å². The summed E-state index contributed by atoms with van der Waals surface area (Å²) in [5, 5.41) is 3.48. The zero-order valence-corrected chi connectivity index (χ0v) is 13.3. The standard InChI is InChI=1S/C17H19BrN2/c1-20-9-3-4-14-10-13(7-8-17(14)20)12-19-16-6-2-5-15(18)11-16/h2,5-8,10-11,19H,3-4,9,12H2,1H3. The normalized spacial score (nSPS) is 14.0. The van der Waals surface area contributed by atoms with Gasteiger partial charge >= 0.3 is 0 Å². The van der Waals surface area contributed by atoms with Gasteiger partial charge in [-0.2, -0.15) is 0 Å². The number of aryl methyl sites for hydroxylation is 1. The maximum atomic E-state index is 3.50. The fraction of sp³-hybridized carbons (Fsp3) is 0.294. The Kier molecular flexibility index (Phi) is 3.97. The molecule has 0 aliphatic carbocycles. The molecule has 2 nitrogen and oxygen atoms in total. The number of benzene rings is 2. The number of rotatable bonds is 3. The van der Waals surface area contributed by atoms with Crippen molar-refractivity contribution in [3.05, 3.63) is 58.1 Å². The van der Waals surface area contributed by atoms with Gasteiger partial charge in [0.25, 0.3) is 0 Å². The Balaban J connectivity index is 1.72. The lowest BCUT2D eigenvalue weighted by molar-refractivity contribution is 0.743. The van der Waals surface area contributed by atoms with Crippen molar-refractivity contribution in [2.45, 2.75) is 19.4 Å². The largest absolute Gasteiger partial charge is 0.381 e. The highest BCUT2D eigenvalue weighted by Crippen LogP contribution is 2.27. The average molecular weight is 331 g/mol. The van der Waals surface area contributed by atoms with E-state index < -0.39 is 0 Å². The first-order valence-electron chi connectivity index (χ1n) is 7.05. The summed E-state index contributed by atoms with van der Waals surface area (Å²) in [6.45, 7) is 2.04. The molecule has 0 saturated carbocycles. The Hall–Kier alpha value is -1.48. The Morgan fingerprint density at radius 1 is 1.20 bits per heavy atom. The second kappa shape index (κ2) is 5.88. The molecule has 0 radical (unpaired) electrons. The summed E-state index contributed by atoms with van der Waals surface area (Å²) in [4.78, 5) is 2.35. The molecule has 0 unspecified atom stereocenters. The van der Waals surface area contributed by atoms with Crippen molar-refractivity contribution in [3.63, 3.8) is 0 Å². The molecule has 1 N–H and O–H groups in total. The second-order valence-corrected chi connectivity index (χ2v) is 6.27. The van der Waals surface area contributed by atoms with Crippen LogP contribution in [0.2, 0.25) is 0 Å². The van der Waals surface area contributed by atoms with Crippen LogP contribution in [-0.4, -0.2) is 13.6 Å². The fourth-order valence-corrected chi connectivity index (χ4v) is 3.15. The molecule has 0 fully saturated rings. The molecule has 1 aliphatic rings. The maximum Gasteiger partial charge on any atom is 0.0400 e. The summed E-state index contributed by atoms with van der Waals surface area (Å²) < 4.78 is 1.11. The highest BCUT2D eigenvalue weighted by atomic mass is 79.9. The molecule has 104 valence electrons. The SMILES string of the molecule is CN1CCCc2cc(CNc3cccc(Br)c3)ccc21. The molecular formula is C17H19BrN2. The number of fused-ring (bicyclic) bond motifs is 1. The van der Waals surface area contributed by atoms with Crippen molar-refractivity contribution in [2.24, 2.45) is 0 Å². The van der Waals surface area contributed by atoms with Crippen LogP contribution in [0.25, 0.3) is 0 Å². The van der Waals surface area contributed by atoms with E-state index in [-0.39, 0.29) is 0 Å². The van der Waals surface area contributed by atoms with Crippen molar-refractivity contribution >= 4 is 27.3 Å². The molecular weight excluding hydrogens is 312 g/mol. The van der Waals surface area contributed by atoms with Crippen LogP contribution >= 0.6 is 15.9 Å². The Morgan fingerprint density at radius 3 is 2.95 bits per heavy atom. The first-order chi connectivity index (χ1) is 9.72. The summed E-state index contributed by atoms with van der Waals surface area (Å²) in [7, 11) is 2.18. The Bertz CT molecular complexity index is 610. The van der Waals surface area contributed by atoms with Crippen molar-refractivity contribution in [3.8, 4) is 0 Å². The van der Waals surface area contributed by atoms with Crippen molar-refractivity contribution in [2.75, 3.05) is 23.8 Å². The third-order valence-electron chi connectivity index (χ3n) is 3.82. The van der Waals surface area contributed by atoms with Gasteiger partial charge in [-0.3, -0.25) is 0 Å². The van der Waals surface area contributed by atoms with Gasteiger partial charge in [0.15, 0.2) is 0 Å². The van der Waals surface area contributed by atoms with Gasteiger partial charge in [-0.25, -0.2) is 0 Å². The molecule has 2 aromatic rings. The quantitative estimate of drug-likeness (QED) is 0.894. The molecule has 1 aliphatic heterocycles. The minimum Gasteiger partial charge on any atom is -0.381 e. The number of anilines is 2. The third-order valence-corrected chi connectivity index (χ3v) is 4.31. The van der Waals surface area contributed by atoms with Crippen LogP contribution in [0, 0.1) is 0 Å². The van der Waals surface area contributed by atoms with Crippen LogP contribution in [0.4, 0.5) is 11.4 Å². The van der Waals surface area contributed by atoms with Gasteiger partial charge in [-0.15, -0.1) is 0 Å². The zero-order valence-electron chi connectivity index (χ0n) is 11.7. The highest BCUT2D eigenvalue weighted by Gasteiger charge is 2.13. The molecule has 0 bridgehead atoms. The lowest BCUT2D eigenvalue weighted by Gasteiger charge is -2.27. The smallest absolute Gasteiger partial charge is 0.0400 e. The van der Waals surface area contributed by atoms with Crippen LogP contribution in [0.5, 0.6) is 0 Å². The van der Waals surface area contributed by atoms with E-state index in [1.165, 1.54) is 36.2 Å². The van der Waals surface area contributed by atoms with Crippen molar-refractivity contribution in [1.29, 1.82) is 0 Å². The number of hydrogen-bond acceptors (Lipinski definition) is 2. The third kappa shape index (κ3) is 2.98. The lowest BCUT2D eigenvalue weighted by atomic mass is 9.99. The molecule has 0 aromatic heterocycles. The average Bonchev–Trinajstić information content (AvgIpc) is 2.45. The summed E-state index contributed by atoms with van der Waals surface area (Å²) in [6, 6.07) is 15.1. The molecule has 1 heterocycles. The van der Waals surface area contributed by atoms with E-state index in [1.54, 1.807) is 0 Å². The second-order valence-electron chi connectivity index (χ2n) is 5.35. The Labute approximate surface area is 128 Å². The molecule has 3 heteroatoms. The highest BCUT2D eigenvalue weighted by molar-refractivity contribution is 9.10. The lowest BCUT2D eigenvalue weighted by Crippen LogP contribution is -2.24. The van der Waals surface area contributed by atoms with E-state index in [1.807, 2.05) is 12.1 Å². The molecule has 0 saturated heterocycles. The zero-order chi connectivity index (χ0) is 13.9. The first-order valence-corrected chi connectivity index (χ1v) is 7.84. The van der Waals surface area contributed by atoms with E-state index in [9.17, 15) is 0 Å². The van der Waals surface area contributed by atoms with E-state index in [4.69, 9.17) is 0 Å². The van der Waals surface area contributed by atoms with Gasteiger partial charge in [0, 0.05) is 36.0 Å². The minimum absolute atomic E-state index is 0.868. The van der Waals surface area contributed by atoms with Gasteiger partial charge < -0.3 is 10.2 Å². The summed E-state index contributed by atoms with van der Waals surface area (Å²) in [5.41, 5.74) is 5.36. The van der Waals surface area contributed by atoms with E-state index >= 15 is 0 Å². The van der Waals surface area contributed by atoms with Gasteiger partial charge in [0.2, 0.25) is 0 Å². The molecule has 20 heavy (non-hydrogen) atoms. The summed E-state index contributed by atoms with van der Waals surface area (Å²) in [5.74, 6) is 0. The molecule has 0 amide bonds. The molecule has 0 atom stereocenters. The number of nitrogens with zero attached hydrogens (tertiary/aromatic N) is 1. The minimum atomic E-state index is 0.868. The maximum absolute atomic E-state index is 3.50. The Morgan fingerprint density at radius 2 is 2.10 bits per heavy atom. The van der Waals surface area contributed by atoms with Gasteiger partial charge in [0.05, 0.1) is 0 Å². The van der Waals surface area contributed by atoms with E-state index in [0.717, 1.165) is 16.7 Å². The summed E-state index contributed by atoms with van der Waals surface area (Å²) in [6.07, 6.45) is 2.45. The monoisotopic (exact) mass is 330 g/mol. The van der Waals surface area contributed by atoms with Crippen LogP contribution < -0.4 is 10.2 Å². The van der Waals surface area contributed by atoms with Crippen LogP contribution in [0.1, 0.15) is 17.5 Å². The molecule has 2 aromatic carbocycles. The number of hydrogen-bond donors (Lipinski definition) is 1. The number of nitrogens with one attached hydrogen (secondary N) is 1. The number of halogens is 1. The molecule has 3 rings (SSSR count). The van der Waals surface area contributed by atoms with E-state index in [0.29, 0.717) is 0 Å². The molecule has 0 spiro atoms. The topological polar surface area (TPSA) is 15.3 Å². The van der Waals surface area contributed by atoms with Crippen molar-refractivity contribution in [1.82, 2.24) is 0 Å². The predicted octanol–water partition coefficient (Wildman–Crippen LogP) is 4.44. The van der Waals surface area contributed by atoms with Gasteiger partial charge in [-0.05, 0) is 48.2 Å². The van der Waals surface area contributed by atoms with Gasteiger partial charge in [0.1, 0.15) is 0 Å². The van der Waals surface area contributed by atoms with Gasteiger partial charge in [-0.1, -0.05) is 34.1 Å². The fourth-order valence-electron chi connectivity index (χ4n) is 2.75.